The Labute approximate surface area is 149 Å². The average Bonchev–Trinajstić information content (AvgIpc) is 2.63. The van der Waals surface area contributed by atoms with Crippen LogP contribution in [0.2, 0.25) is 0 Å². The van der Waals surface area contributed by atoms with Crippen molar-refractivity contribution in [1.29, 1.82) is 0 Å². The fourth-order valence-electron chi connectivity index (χ4n) is 4.45. The van der Waals surface area contributed by atoms with Crippen LogP contribution in [0, 0.1) is 11.8 Å². The Morgan fingerprint density at radius 3 is 2.00 bits per heavy atom. The van der Waals surface area contributed by atoms with Gasteiger partial charge < -0.3 is 4.90 Å². The third kappa shape index (κ3) is 4.53. The number of hydrogen-bond donors (Lipinski definition) is 0. The minimum absolute atomic E-state index is 0.624. The van der Waals surface area contributed by atoms with Gasteiger partial charge in [0.15, 0.2) is 0 Å². The fourth-order valence-corrected chi connectivity index (χ4v) is 4.45. The molecule has 1 heterocycles. The van der Waals surface area contributed by atoms with Crippen LogP contribution in [0.5, 0.6) is 0 Å². The molecular formula is C22H36N2. The maximum absolute atomic E-state index is 2.72. The van der Waals surface area contributed by atoms with Gasteiger partial charge >= 0.3 is 0 Å². The van der Waals surface area contributed by atoms with Gasteiger partial charge in [-0.05, 0) is 48.3 Å². The van der Waals surface area contributed by atoms with Gasteiger partial charge in [0.2, 0.25) is 0 Å². The van der Waals surface area contributed by atoms with Crippen LogP contribution in [-0.2, 0) is 0 Å². The summed E-state index contributed by atoms with van der Waals surface area (Å²) in [4.78, 5) is 5.28. The molecule has 1 aliphatic carbocycles. The molecule has 134 valence electrons. The van der Waals surface area contributed by atoms with Gasteiger partial charge in [0, 0.05) is 38.4 Å². The first kappa shape index (κ1) is 17.8. The summed E-state index contributed by atoms with van der Waals surface area (Å²) in [6.45, 7) is 13.1. The first-order valence-corrected chi connectivity index (χ1v) is 10.2. The predicted molar refractivity (Wildman–Crippen MR) is 105 cm³/mol. The highest BCUT2D eigenvalue weighted by atomic mass is 15.3. The number of rotatable bonds is 5. The summed E-state index contributed by atoms with van der Waals surface area (Å²) in [7, 11) is 0. The SMILES string of the molecule is CCC1CCC(CN2CCN(c3ccc(C(C)C)cc3)CC2)CC1. The minimum atomic E-state index is 0.624. The summed E-state index contributed by atoms with van der Waals surface area (Å²) in [5.41, 5.74) is 2.85. The molecule has 1 aromatic carbocycles. The Kier molecular flexibility index (Phi) is 6.21. The predicted octanol–water partition coefficient (Wildman–Crippen LogP) is 5.15. The summed E-state index contributed by atoms with van der Waals surface area (Å²) in [5, 5.41) is 0. The van der Waals surface area contributed by atoms with Crippen LogP contribution in [0.4, 0.5) is 5.69 Å². The van der Waals surface area contributed by atoms with Crippen molar-refractivity contribution in [3.8, 4) is 0 Å². The maximum atomic E-state index is 2.72. The van der Waals surface area contributed by atoms with Gasteiger partial charge in [-0.25, -0.2) is 0 Å². The van der Waals surface area contributed by atoms with Crippen molar-refractivity contribution in [2.45, 2.75) is 58.8 Å². The van der Waals surface area contributed by atoms with E-state index in [4.69, 9.17) is 0 Å². The largest absolute Gasteiger partial charge is 0.369 e. The van der Waals surface area contributed by atoms with Crippen molar-refractivity contribution in [2.24, 2.45) is 11.8 Å². The molecular weight excluding hydrogens is 292 g/mol. The second kappa shape index (κ2) is 8.38. The molecule has 1 aromatic rings. The first-order valence-electron chi connectivity index (χ1n) is 10.2. The summed E-state index contributed by atoms with van der Waals surface area (Å²) < 4.78 is 0. The molecule has 2 fully saturated rings. The molecule has 0 aromatic heterocycles. The second-order valence-electron chi connectivity index (χ2n) is 8.33. The van der Waals surface area contributed by atoms with E-state index in [0.29, 0.717) is 5.92 Å². The third-order valence-electron chi connectivity index (χ3n) is 6.36. The lowest BCUT2D eigenvalue weighted by molar-refractivity contribution is 0.172. The lowest BCUT2D eigenvalue weighted by Crippen LogP contribution is -2.48. The molecule has 0 bridgehead atoms. The van der Waals surface area contributed by atoms with Crippen molar-refractivity contribution in [3.05, 3.63) is 29.8 Å². The van der Waals surface area contributed by atoms with Crippen LogP contribution < -0.4 is 4.90 Å². The maximum Gasteiger partial charge on any atom is 0.0367 e. The summed E-state index contributed by atoms with van der Waals surface area (Å²) >= 11 is 0. The van der Waals surface area contributed by atoms with Crippen molar-refractivity contribution in [1.82, 2.24) is 4.90 Å². The molecule has 0 N–H and O–H groups in total. The average molecular weight is 329 g/mol. The van der Waals surface area contributed by atoms with Crippen LogP contribution in [0.15, 0.2) is 24.3 Å². The van der Waals surface area contributed by atoms with E-state index in [1.165, 1.54) is 76.1 Å². The third-order valence-corrected chi connectivity index (χ3v) is 6.36. The van der Waals surface area contributed by atoms with Gasteiger partial charge in [-0.2, -0.15) is 0 Å². The number of nitrogens with zero attached hydrogens (tertiary/aromatic N) is 2. The Balaban J connectivity index is 1.44. The number of benzene rings is 1. The molecule has 0 spiro atoms. The summed E-state index contributed by atoms with van der Waals surface area (Å²) in [5.74, 6) is 2.61. The zero-order valence-electron chi connectivity index (χ0n) is 16.0. The van der Waals surface area contributed by atoms with E-state index in [-0.39, 0.29) is 0 Å². The Hall–Kier alpha value is -1.02. The molecule has 1 aliphatic heterocycles. The van der Waals surface area contributed by atoms with Crippen LogP contribution in [0.25, 0.3) is 0 Å². The smallest absolute Gasteiger partial charge is 0.0367 e. The van der Waals surface area contributed by atoms with Crippen LogP contribution in [0.1, 0.15) is 64.4 Å². The van der Waals surface area contributed by atoms with Gasteiger partial charge in [0.1, 0.15) is 0 Å². The Bertz CT molecular complexity index is 477. The van der Waals surface area contributed by atoms with E-state index in [1.807, 2.05) is 0 Å². The van der Waals surface area contributed by atoms with Gasteiger partial charge in [-0.15, -0.1) is 0 Å². The molecule has 1 saturated heterocycles. The number of hydrogen-bond acceptors (Lipinski definition) is 2. The molecule has 0 radical (unpaired) electrons. The molecule has 0 amide bonds. The summed E-state index contributed by atoms with van der Waals surface area (Å²) in [6, 6.07) is 9.24. The van der Waals surface area contributed by atoms with Crippen molar-refractivity contribution < 1.29 is 0 Å². The number of anilines is 1. The molecule has 24 heavy (non-hydrogen) atoms. The van der Waals surface area contributed by atoms with E-state index in [2.05, 4.69) is 54.8 Å². The Morgan fingerprint density at radius 2 is 1.46 bits per heavy atom. The van der Waals surface area contributed by atoms with Crippen LogP contribution in [0.3, 0.4) is 0 Å². The zero-order valence-corrected chi connectivity index (χ0v) is 16.0. The van der Waals surface area contributed by atoms with E-state index in [0.717, 1.165) is 11.8 Å². The van der Waals surface area contributed by atoms with Gasteiger partial charge in [-0.3, -0.25) is 4.90 Å². The van der Waals surface area contributed by atoms with Gasteiger partial charge in [0.25, 0.3) is 0 Å². The fraction of sp³-hybridized carbons (Fsp3) is 0.727. The van der Waals surface area contributed by atoms with Crippen LogP contribution >= 0.6 is 0 Å². The molecule has 1 saturated carbocycles. The van der Waals surface area contributed by atoms with E-state index in [9.17, 15) is 0 Å². The lowest BCUT2D eigenvalue weighted by Gasteiger charge is -2.39. The van der Waals surface area contributed by atoms with E-state index < -0.39 is 0 Å². The van der Waals surface area contributed by atoms with Crippen molar-refractivity contribution >= 4 is 5.69 Å². The summed E-state index contributed by atoms with van der Waals surface area (Å²) in [6.07, 6.45) is 7.28. The van der Waals surface area contributed by atoms with E-state index in [1.54, 1.807) is 0 Å². The van der Waals surface area contributed by atoms with Gasteiger partial charge in [0.05, 0.1) is 0 Å². The molecule has 2 aliphatic rings. The highest BCUT2D eigenvalue weighted by molar-refractivity contribution is 5.48. The van der Waals surface area contributed by atoms with Crippen LogP contribution in [-0.4, -0.2) is 37.6 Å². The van der Waals surface area contributed by atoms with Crippen molar-refractivity contribution in [2.75, 3.05) is 37.6 Å². The topological polar surface area (TPSA) is 6.48 Å². The quantitative estimate of drug-likeness (QED) is 0.737. The molecule has 3 rings (SSSR count). The highest BCUT2D eigenvalue weighted by Crippen LogP contribution is 2.31. The molecule has 2 nitrogen and oxygen atoms in total. The molecule has 2 heteroatoms. The first-order chi connectivity index (χ1) is 11.7. The second-order valence-corrected chi connectivity index (χ2v) is 8.33. The standard InChI is InChI=1S/C22H36N2/c1-4-19-5-7-20(8-6-19)17-23-13-15-24(16-14-23)22-11-9-21(10-12-22)18(2)3/h9-12,18-20H,4-8,13-17H2,1-3H3. The minimum Gasteiger partial charge on any atom is -0.369 e. The number of piperazine rings is 1. The van der Waals surface area contributed by atoms with Crippen molar-refractivity contribution in [3.63, 3.8) is 0 Å². The highest BCUT2D eigenvalue weighted by Gasteiger charge is 2.24. The lowest BCUT2D eigenvalue weighted by atomic mass is 9.80. The Morgan fingerprint density at radius 1 is 0.875 bits per heavy atom. The molecule has 0 atom stereocenters. The van der Waals surface area contributed by atoms with Gasteiger partial charge in [-0.1, -0.05) is 52.2 Å². The monoisotopic (exact) mass is 328 g/mol. The zero-order chi connectivity index (χ0) is 16.9. The normalized spacial score (nSPS) is 26.1. The van der Waals surface area contributed by atoms with E-state index >= 15 is 0 Å². The molecule has 0 unspecified atom stereocenters.